The van der Waals surface area contributed by atoms with Gasteiger partial charge < -0.3 is 10.1 Å². The van der Waals surface area contributed by atoms with E-state index in [1.54, 1.807) is 0 Å². The molecule has 1 aliphatic rings. The second-order valence-corrected chi connectivity index (χ2v) is 4.81. The molecule has 0 spiro atoms. The lowest BCUT2D eigenvalue weighted by molar-refractivity contribution is -0.137. The van der Waals surface area contributed by atoms with Crippen molar-refractivity contribution in [3.05, 3.63) is 23.9 Å². The van der Waals surface area contributed by atoms with Crippen LogP contribution < -0.4 is 5.32 Å². The van der Waals surface area contributed by atoms with Crippen LogP contribution >= 0.6 is 0 Å². The van der Waals surface area contributed by atoms with E-state index in [0.29, 0.717) is 19.1 Å². The molecule has 1 aromatic heterocycles. The number of aromatic nitrogens is 1. The van der Waals surface area contributed by atoms with Gasteiger partial charge in [-0.3, -0.25) is 0 Å². The van der Waals surface area contributed by atoms with Gasteiger partial charge in [0.15, 0.2) is 0 Å². The van der Waals surface area contributed by atoms with Crippen LogP contribution in [0.3, 0.4) is 0 Å². The highest BCUT2D eigenvalue weighted by Crippen LogP contribution is 2.30. The van der Waals surface area contributed by atoms with Crippen LogP contribution in [0.25, 0.3) is 0 Å². The van der Waals surface area contributed by atoms with Gasteiger partial charge in [0, 0.05) is 25.5 Å². The summed E-state index contributed by atoms with van der Waals surface area (Å²) in [6, 6.07) is 2.11. The third-order valence-electron chi connectivity index (χ3n) is 3.44. The average molecular weight is 274 g/mol. The van der Waals surface area contributed by atoms with Crippen LogP contribution in [0.4, 0.5) is 19.0 Å². The van der Waals surface area contributed by atoms with E-state index < -0.39 is 11.7 Å². The van der Waals surface area contributed by atoms with E-state index in [1.165, 1.54) is 6.20 Å². The minimum absolute atomic E-state index is 0.0832. The number of pyridine rings is 1. The van der Waals surface area contributed by atoms with Gasteiger partial charge >= 0.3 is 6.18 Å². The van der Waals surface area contributed by atoms with E-state index in [2.05, 4.69) is 10.3 Å². The van der Waals surface area contributed by atoms with Gasteiger partial charge in [0.05, 0.1) is 5.56 Å². The van der Waals surface area contributed by atoms with E-state index in [1.807, 2.05) is 6.92 Å². The number of hydrogen-bond acceptors (Lipinski definition) is 3. The maximum atomic E-state index is 12.6. The molecule has 0 saturated carbocycles. The van der Waals surface area contributed by atoms with Crippen LogP contribution in [-0.2, 0) is 10.9 Å². The Morgan fingerprint density at radius 1 is 1.37 bits per heavy atom. The summed E-state index contributed by atoms with van der Waals surface area (Å²) in [4.78, 5) is 3.95. The molecule has 0 bridgehead atoms. The lowest BCUT2D eigenvalue weighted by atomic mass is 9.93. The average Bonchev–Trinajstić information content (AvgIpc) is 2.39. The Kier molecular flexibility index (Phi) is 4.29. The summed E-state index contributed by atoms with van der Waals surface area (Å²) >= 11 is 0. The number of halogens is 3. The Morgan fingerprint density at radius 3 is 2.68 bits per heavy atom. The largest absolute Gasteiger partial charge is 0.416 e. The molecule has 1 fully saturated rings. The van der Waals surface area contributed by atoms with Gasteiger partial charge in [-0.1, -0.05) is 0 Å². The minimum atomic E-state index is -4.33. The Bertz CT molecular complexity index is 417. The maximum absolute atomic E-state index is 12.6. The SMILES string of the molecule is CC(Nc1cc(C(F)(F)F)ccn1)C1CCOCC1. The second-order valence-electron chi connectivity index (χ2n) is 4.81. The smallest absolute Gasteiger partial charge is 0.381 e. The van der Waals surface area contributed by atoms with Crippen LogP contribution in [0.1, 0.15) is 25.3 Å². The molecular weight excluding hydrogens is 257 g/mol. The number of alkyl halides is 3. The highest BCUT2D eigenvalue weighted by atomic mass is 19.4. The van der Waals surface area contributed by atoms with Crippen molar-refractivity contribution in [1.82, 2.24) is 4.98 Å². The summed E-state index contributed by atoms with van der Waals surface area (Å²) < 4.78 is 43.0. The lowest BCUT2D eigenvalue weighted by Crippen LogP contribution is -2.31. The summed E-state index contributed by atoms with van der Waals surface area (Å²) in [5.74, 6) is 0.680. The normalized spacial score (nSPS) is 19.2. The maximum Gasteiger partial charge on any atom is 0.416 e. The van der Waals surface area contributed by atoms with Gasteiger partial charge in [-0.25, -0.2) is 4.98 Å². The van der Waals surface area contributed by atoms with Crippen LogP contribution in [0.15, 0.2) is 18.3 Å². The summed E-state index contributed by atoms with van der Waals surface area (Å²) in [6.45, 7) is 3.40. The summed E-state index contributed by atoms with van der Waals surface area (Å²) in [7, 11) is 0. The second kappa shape index (κ2) is 5.77. The van der Waals surface area contributed by atoms with Gasteiger partial charge in [0.2, 0.25) is 0 Å². The Hall–Kier alpha value is -1.30. The zero-order chi connectivity index (χ0) is 13.9. The predicted octanol–water partition coefficient (Wildman–Crippen LogP) is 3.33. The van der Waals surface area contributed by atoms with Gasteiger partial charge in [-0.05, 0) is 37.8 Å². The molecule has 1 aliphatic heterocycles. The first-order valence-electron chi connectivity index (χ1n) is 6.34. The zero-order valence-corrected chi connectivity index (χ0v) is 10.7. The highest BCUT2D eigenvalue weighted by molar-refractivity contribution is 5.39. The van der Waals surface area contributed by atoms with Gasteiger partial charge in [-0.15, -0.1) is 0 Å². The Labute approximate surface area is 110 Å². The minimum Gasteiger partial charge on any atom is -0.381 e. The van der Waals surface area contributed by atoms with Gasteiger partial charge in [0.25, 0.3) is 0 Å². The fraction of sp³-hybridized carbons (Fsp3) is 0.615. The fourth-order valence-corrected chi connectivity index (χ4v) is 2.25. The van der Waals surface area contributed by atoms with Crippen molar-refractivity contribution >= 4 is 5.82 Å². The van der Waals surface area contributed by atoms with E-state index >= 15 is 0 Å². The highest BCUT2D eigenvalue weighted by Gasteiger charge is 2.31. The number of hydrogen-bond donors (Lipinski definition) is 1. The molecule has 0 aliphatic carbocycles. The van der Waals surface area contributed by atoms with Crippen LogP contribution in [0, 0.1) is 5.92 Å². The van der Waals surface area contributed by atoms with Crippen molar-refractivity contribution in [1.29, 1.82) is 0 Å². The number of nitrogens with zero attached hydrogens (tertiary/aromatic N) is 1. The molecule has 3 nitrogen and oxygen atoms in total. The number of nitrogens with one attached hydrogen (secondary N) is 1. The zero-order valence-electron chi connectivity index (χ0n) is 10.7. The molecular formula is C13H17F3N2O. The number of ether oxygens (including phenoxy) is 1. The van der Waals surface area contributed by atoms with Crippen molar-refractivity contribution in [2.45, 2.75) is 32.0 Å². The monoisotopic (exact) mass is 274 g/mol. The molecule has 19 heavy (non-hydrogen) atoms. The molecule has 1 N–H and O–H groups in total. The lowest BCUT2D eigenvalue weighted by Gasteiger charge is -2.28. The van der Waals surface area contributed by atoms with Crippen LogP contribution in [0.2, 0.25) is 0 Å². The van der Waals surface area contributed by atoms with E-state index in [0.717, 1.165) is 25.0 Å². The van der Waals surface area contributed by atoms with Crippen molar-refractivity contribution in [3.63, 3.8) is 0 Å². The third kappa shape index (κ3) is 3.83. The molecule has 106 valence electrons. The van der Waals surface area contributed by atoms with Crippen molar-refractivity contribution in [2.24, 2.45) is 5.92 Å². The predicted molar refractivity (Wildman–Crippen MR) is 65.9 cm³/mol. The third-order valence-corrected chi connectivity index (χ3v) is 3.44. The first kappa shape index (κ1) is 14.1. The first-order chi connectivity index (χ1) is 8.97. The summed E-state index contributed by atoms with van der Waals surface area (Å²) in [5, 5.41) is 3.06. The molecule has 2 rings (SSSR count). The number of rotatable bonds is 3. The molecule has 1 saturated heterocycles. The summed E-state index contributed by atoms with van der Waals surface area (Å²) in [6.07, 6.45) is -1.30. The first-order valence-corrected chi connectivity index (χ1v) is 6.34. The Balaban J connectivity index is 2.02. The van der Waals surface area contributed by atoms with E-state index in [-0.39, 0.29) is 11.9 Å². The molecule has 1 unspecified atom stereocenters. The van der Waals surface area contributed by atoms with Crippen LogP contribution in [-0.4, -0.2) is 24.2 Å². The molecule has 1 aromatic rings. The number of anilines is 1. The van der Waals surface area contributed by atoms with Gasteiger partial charge in [-0.2, -0.15) is 13.2 Å². The quantitative estimate of drug-likeness (QED) is 0.918. The van der Waals surface area contributed by atoms with Gasteiger partial charge in [0.1, 0.15) is 5.82 Å². The summed E-state index contributed by atoms with van der Waals surface area (Å²) in [5.41, 5.74) is -0.677. The van der Waals surface area contributed by atoms with Crippen molar-refractivity contribution in [3.8, 4) is 0 Å². The molecule has 0 aromatic carbocycles. The van der Waals surface area contributed by atoms with E-state index in [9.17, 15) is 13.2 Å². The van der Waals surface area contributed by atoms with E-state index in [4.69, 9.17) is 4.74 Å². The molecule has 2 heterocycles. The molecule has 0 amide bonds. The molecule has 6 heteroatoms. The van der Waals surface area contributed by atoms with Crippen molar-refractivity contribution < 1.29 is 17.9 Å². The van der Waals surface area contributed by atoms with Crippen LogP contribution in [0.5, 0.6) is 0 Å². The fourth-order valence-electron chi connectivity index (χ4n) is 2.25. The molecule has 0 radical (unpaired) electrons. The topological polar surface area (TPSA) is 34.2 Å². The standard InChI is InChI=1S/C13H17F3N2O/c1-9(10-3-6-19-7-4-10)18-12-8-11(2-5-17-12)13(14,15)16/h2,5,8-10H,3-4,6-7H2,1H3,(H,17,18). The van der Waals surface area contributed by atoms with Crippen molar-refractivity contribution in [2.75, 3.05) is 18.5 Å². The Morgan fingerprint density at radius 2 is 2.05 bits per heavy atom. The molecule has 1 atom stereocenters.